The Morgan fingerprint density at radius 2 is 1.71 bits per heavy atom. The van der Waals surface area contributed by atoms with Gasteiger partial charge < -0.3 is 4.55 Å². The molecule has 0 bridgehead atoms. The molecule has 0 spiro atoms. The molecule has 0 amide bonds. The van der Waals surface area contributed by atoms with Crippen molar-refractivity contribution in [2.24, 2.45) is 0 Å². The minimum Gasteiger partial charge on any atom is -0.736 e. The molecule has 0 aromatic heterocycles. The van der Waals surface area contributed by atoms with Gasteiger partial charge in [-0.1, -0.05) is 0 Å². The Labute approximate surface area is 83.7 Å². The summed E-state index contributed by atoms with van der Waals surface area (Å²) in [7, 11) is -4.61. The summed E-state index contributed by atoms with van der Waals surface area (Å²) >= 11 is 0. The maximum Gasteiger partial charge on any atom is 1.00 e. The predicted molar refractivity (Wildman–Crippen MR) is 15.3 cm³/mol. The van der Waals surface area contributed by atoms with Gasteiger partial charge in [0, 0.05) is 0 Å². The Kier molecular flexibility index (Phi) is 6.19. The van der Waals surface area contributed by atoms with Crippen molar-refractivity contribution in [1.82, 2.24) is 0 Å². The molecule has 6 heteroatoms. The van der Waals surface area contributed by atoms with Gasteiger partial charge >= 0.3 is 51.4 Å². The van der Waals surface area contributed by atoms with E-state index >= 15 is 0 Å². The standard InChI is InChI=1S/CHNO3S.K/c2-1-6(3,4)5;/h(H,3,4,5);/q;+1/p-1. The molecule has 0 saturated heterocycles. The molecule has 0 N–H and O–H groups in total. The van der Waals surface area contributed by atoms with Crippen molar-refractivity contribution >= 4 is 10.1 Å². The van der Waals surface area contributed by atoms with Crippen molar-refractivity contribution < 1.29 is 64.4 Å². The molecule has 4 nitrogen and oxygen atoms in total. The topological polar surface area (TPSA) is 81.0 Å². The molecule has 0 aromatic rings. The van der Waals surface area contributed by atoms with E-state index in [2.05, 4.69) is 0 Å². The molecule has 0 fully saturated rings. The maximum absolute atomic E-state index is 9.08. The van der Waals surface area contributed by atoms with Crippen LogP contribution >= 0.6 is 0 Å². The van der Waals surface area contributed by atoms with Gasteiger partial charge in [-0.3, -0.25) is 0 Å². The van der Waals surface area contributed by atoms with Crippen molar-refractivity contribution in [3.63, 3.8) is 0 Å². The molecule has 0 aliphatic heterocycles. The van der Waals surface area contributed by atoms with Crippen LogP contribution in [-0.2, 0) is 10.1 Å². The molecular formula is CKNO3S. The molecule has 0 aliphatic rings. The molecule has 7 heavy (non-hydrogen) atoms. The summed E-state index contributed by atoms with van der Waals surface area (Å²) in [5.41, 5.74) is 0. The first kappa shape index (κ1) is 10.9. The van der Waals surface area contributed by atoms with Crippen LogP contribution in [0.4, 0.5) is 0 Å². The first-order chi connectivity index (χ1) is 2.56. The van der Waals surface area contributed by atoms with E-state index in [4.69, 9.17) is 18.2 Å². The van der Waals surface area contributed by atoms with Crippen molar-refractivity contribution in [3.05, 3.63) is 0 Å². The second-order valence-corrected chi connectivity index (χ2v) is 1.64. The van der Waals surface area contributed by atoms with E-state index in [-0.39, 0.29) is 51.4 Å². The van der Waals surface area contributed by atoms with Gasteiger partial charge in [0.1, 0.15) is 0 Å². The Morgan fingerprint density at radius 1 is 1.57 bits per heavy atom. The fourth-order valence-corrected chi connectivity index (χ4v) is 0. The monoisotopic (exact) mass is 145 g/mol. The van der Waals surface area contributed by atoms with Crippen LogP contribution in [0.5, 0.6) is 0 Å². The van der Waals surface area contributed by atoms with Crippen LogP contribution in [-0.4, -0.2) is 13.0 Å². The number of nitriles is 1. The first-order valence-corrected chi connectivity index (χ1v) is 2.34. The van der Waals surface area contributed by atoms with Gasteiger partial charge in [0.05, 0.1) is 0 Å². The van der Waals surface area contributed by atoms with Gasteiger partial charge in [-0.25, -0.2) is 8.42 Å². The average molecular weight is 145 g/mol. The van der Waals surface area contributed by atoms with E-state index < -0.39 is 10.1 Å². The summed E-state index contributed by atoms with van der Waals surface area (Å²) < 4.78 is 27.2. The van der Waals surface area contributed by atoms with Crippen molar-refractivity contribution in [1.29, 1.82) is 5.26 Å². The number of hydrogen-bond donors (Lipinski definition) is 0. The van der Waals surface area contributed by atoms with E-state index in [1.807, 2.05) is 0 Å². The van der Waals surface area contributed by atoms with E-state index in [0.29, 0.717) is 5.40 Å². The zero-order chi connectivity index (χ0) is 5.21. The van der Waals surface area contributed by atoms with Crippen LogP contribution in [0.25, 0.3) is 0 Å². The van der Waals surface area contributed by atoms with E-state index in [9.17, 15) is 0 Å². The minimum absolute atomic E-state index is 0. The van der Waals surface area contributed by atoms with Gasteiger partial charge in [-0.2, -0.15) is 5.26 Å². The summed E-state index contributed by atoms with van der Waals surface area (Å²) in [4.78, 5) is 0. The van der Waals surface area contributed by atoms with Crippen LogP contribution in [0.2, 0.25) is 0 Å². The predicted octanol–water partition coefficient (Wildman–Crippen LogP) is -3.98. The number of hydrogen-bond acceptors (Lipinski definition) is 4. The zero-order valence-electron chi connectivity index (χ0n) is 3.58. The Morgan fingerprint density at radius 3 is 1.71 bits per heavy atom. The van der Waals surface area contributed by atoms with Gasteiger partial charge in [-0.15, -0.1) is 0 Å². The smallest absolute Gasteiger partial charge is 0.736 e. The van der Waals surface area contributed by atoms with Crippen LogP contribution in [0.1, 0.15) is 0 Å². The average Bonchev–Trinajstić information content (AvgIpc) is 1.35. The number of rotatable bonds is 0. The molecule has 0 unspecified atom stereocenters. The number of thiocyanates is 1. The van der Waals surface area contributed by atoms with Crippen molar-refractivity contribution in [2.75, 3.05) is 0 Å². The molecule has 0 atom stereocenters. The van der Waals surface area contributed by atoms with E-state index in [1.54, 1.807) is 0 Å². The molecule has 0 radical (unpaired) electrons. The van der Waals surface area contributed by atoms with E-state index in [0.717, 1.165) is 0 Å². The summed E-state index contributed by atoms with van der Waals surface area (Å²) in [6, 6.07) is 0. The first-order valence-electron chi connectivity index (χ1n) is 0.928. The zero-order valence-corrected chi connectivity index (χ0v) is 7.52. The molecule has 0 rings (SSSR count). The van der Waals surface area contributed by atoms with Gasteiger partial charge in [0.25, 0.3) is 0 Å². The minimum atomic E-state index is -4.61. The second kappa shape index (κ2) is 3.97. The van der Waals surface area contributed by atoms with Gasteiger partial charge in [0.15, 0.2) is 15.5 Å². The molecule has 0 aliphatic carbocycles. The van der Waals surface area contributed by atoms with Gasteiger partial charge in [0.2, 0.25) is 0 Å². The summed E-state index contributed by atoms with van der Waals surface area (Å²) in [6.07, 6.45) is 0. The number of nitrogens with zero attached hydrogens (tertiary/aromatic N) is 1. The largest absolute Gasteiger partial charge is 1.00 e. The Bertz CT molecular complexity index is 164. The molecule has 0 heterocycles. The fraction of sp³-hybridized carbons (Fsp3) is 0. The van der Waals surface area contributed by atoms with Crippen LogP contribution in [0.15, 0.2) is 0 Å². The molecule has 0 aromatic carbocycles. The van der Waals surface area contributed by atoms with Gasteiger partial charge in [-0.05, 0) is 0 Å². The van der Waals surface area contributed by atoms with Crippen LogP contribution in [0, 0.1) is 10.7 Å². The molecule has 34 valence electrons. The van der Waals surface area contributed by atoms with E-state index in [1.165, 1.54) is 0 Å². The second-order valence-electron chi connectivity index (χ2n) is 0.545. The molecule has 0 saturated carbocycles. The van der Waals surface area contributed by atoms with Crippen LogP contribution in [0.3, 0.4) is 0 Å². The van der Waals surface area contributed by atoms with Crippen molar-refractivity contribution in [3.8, 4) is 5.40 Å². The maximum atomic E-state index is 9.08. The third kappa shape index (κ3) is 11.0. The summed E-state index contributed by atoms with van der Waals surface area (Å²) in [5.74, 6) is 0. The third-order valence-corrected chi connectivity index (χ3v) is 0.335. The molecular weight excluding hydrogens is 145 g/mol. The normalized spacial score (nSPS) is 8.57. The Balaban J connectivity index is 0. The van der Waals surface area contributed by atoms with Crippen LogP contribution < -0.4 is 51.4 Å². The quantitative estimate of drug-likeness (QED) is 0.151. The third-order valence-electron chi connectivity index (χ3n) is 0.112. The summed E-state index contributed by atoms with van der Waals surface area (Å²) in [5, 5.41) is 7.77. The van der Waals surface area contributed by atoms with Crippen molar-refractivity contribution in [2.45, 2.75) is 0 Å². The Hall–Kier alpha value is 1.04. The SMILES string of the molecule is N#CS(=O)(=O)[O-].[K+]. The summed E-state index contributed by atoms with van der Waals surface area (Å²) in [6.45, 7) is 0. The fourth-order valence-electron chi connectivity index (χ4n) is 0.